The standard InChI is InChI=1S/C11H12O2/c1-3-7-13-11-6-4-5-9(2)10(11)8-12/h3-6,8H,1,7H2,2H3. The summed E-state index contributed by atoms with van der Waals surface area (Å²) in [5, 5.41) is 0. The van der Waals surface area contributed by atoms with E-state index in [1.807, 2.05) is 19.1 Å². The molecule has 0 heterocycles. The number of carbonyl (C=O) groups excluding carboxylic acids is 1. The van der Waals surface area contributed by atoms with E-state index in [-0.39, 0.29) is 0 Å². The fourth-order valence-corrected chi connectivity index (χ4v) is 1.08. The van der Waals surface area contributed by atoms with Gasteiger partial charge in [-0.3, -0.25) is 4.79 Å². The number of ether oxygens (including phenoxy) is 1. The third-order valence-corrected chi connectivity index (χ3v) is 1.76. The number of benzene rings is 1. The Bertz CT molecular complexity index is 316. The second-order valence-electron chi connectivity index (χ2n) is 2.70. The van der Waals surface area contributed by atoms with Gasteiger partial charge in [-0.2, -0.15) is 0 Å². The third-order valence-electron chi connectivity index (χ3n) is 1.76. The van der Waals surface area contributed by atoms with Crippen molar-refractivity contribution in [3.63, 3.8) is 0 Å². The Kier molecular flexibility index (Phi) is 3.26. The molecule has 0 aliphatic heterocycles. The fraction of sp³-hybridized carbons (Fsp3) is 0.182. The van der Waals surface area contributed by atoms with E-state index in [9.17, 15) is 4.79 Å². The molecule has 0 fully saturated rings. The van der Waals surface area contributed by atoms with Crippen molar-refractivity contribution in [1.82, 2.24) is 0 Å². The molecule has 0 saturated heterocycles. The first-order valence-electron chi connectivity index (χ1n) is 4.08. The molecule has 0 N–H and O–H groups in total. The van der Waals surface area contributed by atoms with Crippen molar-refractivity contribution in [1.29, 1.82) is 0 Å². The van der Waals surface area contributed by atoms with Gasteiger partial charge in [0.05, 0.1) is 5.56 Å². The van der Waals surface area contributed by atoms with Gasteiger partial charge in [0, 0.05) is 0 Å². The molecule has 1 aromatic rings. The number of hydrogen-bond acceptors (Lipinski definition) is 2. The molecule has 68 valence electrons. The van der Waals surface area contributed by atoms with E-state index >= 15 is 0 Å². The van der Waals surface area contributed by atoms with Crippen molar-refractivity contribution in [3.05, 3.63) is 42.0 Å². The molecule has 1 aromatic carbocycles. The lowest BCUT2D eigenvalue weighted by molar-refractivity contribution is 0.111. The third kappa shape index (κ3) is 2.18. The smallest absolute Gasteiger partial charge is 0.154 e. The summed E-state index contributed by atoms with van der Waals surface area (Å²) >= 11 is 0. The Balaban J connectivity index is 2.97. The van der Waals surface area contributed by atoms with E-state index in [0.717, 1.165) is 11.8 Å². The van der Waals surface area contributed by atoms with Gasteiger partial charge in [0.15, 0.2) is 6.29 Å². The van der Waals surface area contributed by atoms with Crippen molar-refractivity contribution < 1.29 is 9.53 Å². The number of rotatable bonds is 4. The van der Waals surface area contributed by atoms with Crippen LogP contribution in [0.1, 0.15) is 15.9 Å². The number of carbonyl (C=O) groups is 1. The average molecular weight is 176 g/mol. The molecule has 2 heteroatoms. The van der Waals surface area contributed by atoms with Gasteiger partial charge in [-0.25, -0.2) is 0 Å². The van der Waals surface area contributed by atoms with Crippen LogP contribution >= 0.6 is 0 Å². The van der Waals surface area contributed by atoms with Crippen molar-refractivity contribution in [2.45, 2.75) is 6.92 Å². The van der Waals surface area contributed by atoms with Gasteiger partial charge in [0.25, 0.3) is 0 Å². The van der Waals surface area contributed by atoms with Crippen LogP contribution in [-0.4, -0.2) is 12.9 Å². The second-order valence-corrected chi connectivity index (χ2v) is 2.70. The van der Waals surface area contributed by atoms with Gasteiger partial charge < -0.3 is 4.74 Å². The fourth-order valence-electron chi connectivity index (χ4n) is 1.08. The molecule has 0 aliphatic carbocycles. The first kappa shape index (κ1) is 9.52. The molecule has 0 aliphatic rings. The summed E-state index contributed by atoms with van der Waals surface area (Å²) < 4.78 is 5.31. The summed E-state index contributed by atoms with van der Waals surface area (Å²) in [5.74, 6) is 0.620. The molecule has 1 rings (SSSR count). The summed E-state index contributed by atoms with van der Waals surface area (Å²) in [5.41, 5.74) is 1.54. The van der Waals surface area contributed by atoms with Crippen LogP contribution in [0.15, 0.2) is 30.9 Å². The minimum Gasteiger partial charge on any atom is -0.489 e. The number of aryl methyl sites for hydroxylation is 1. The molecule has 0 spiro atoms. The van der Waals surface area contributed by atoms with Crippen LogP contribution in [0.2, 0.25) is 0 Å². The molecule has 0 aromatic heterocycles. The Hall–Kier alpha value is -1.57. The minimum atomic E-state index is 0.421. The normalized spacial score (nSPS) is 9.31. The monoisotopic (exact) mass is 176 g/mol. The molecule has 0 unspecified atom stereocenters. The van der Waals surface area contributed by atoms with Crippen molar-refractivity contribution in [3.8, 4) is 5.75 Å². The molecule has 0 saturated carbocycles. The van der Waals surface area contributed by atoms with Gasteiger partial charge in [-0.05, 0) is 18.6 Å². The van der Waals surface area contributed by atoms with Crippen LogP contribution in [0.4, 0.5) is 0 Å². The zero-order valence-electron chi connectivity index (χ0n) is 7.62. The number of aldehydes is 1. The number of hydrogen-bond donors (Lipinski definition) is 0. The first-order chi connectivity index (χ1) is 6.29. The van der Waals surface area contributed by atoms with Gasteiger partial charge in [-0.1, -0.05) is 24.8 Å². The van der Waals surface area contributed by atoms with Gasteiger partial charge in [0.1, 0.15) is 12.4 Å². The zero-order valence-corrected chi connectivity index (χ0v) is 7.62. The lowest BCUT2D eigenvalue weighted by Crippen LogP contribution is -1.98. The Labute approximate surface area is 77.8 Å². The molecule has 0 atom stereocenters. The van der Waals surface area contributed by atoms with Gasteiger partial charge in [0.2, 0.25) is 0 Å². The van der Waals surface area contributed by atoms with Crippen LogP contribution in [-0.2, 0) is 0 Å². The Morgan fingerprint density at radius 3 is 2.92 bits per heavy atom. The van der Waals surface area contributed by atoms with Crippen LogP contribution in [0.5, 0.6) is 5.75 Å². The van der Waals surface area contributed by atoms with Crippen LogP contribution in [0.25, 0.3) is 0 Å². The van der Waals surface area contributed by atoms with E-state index in [1.165, 1.54) is 0 Å². The lowest BCUT2D eigenvalue weighted by atomic mass is 10.1. The summed E-state index contributed by atoms with van der Waals surface area (Å²) in [4.78, 5) is 10.7. The van der Waals surface area contributed by atoms with Gasteiger partial charge >= 0.3 is 0 Å². The van der Waals surface area contributed by atoms with E-state index < -0.39 is 0 Å². The molecule has 0 bridgehead atoms. The van der Waals surface area contributed by atoms with E-state index in [2.05, 4.69) is 6.58 Å². The largest absolute Gasteiger partial charge is 0.489 e. The highest BCUT2D eigenvalue weighted by molar-refractivity contribution is 5.81. The summed E-state index contributed by atoms with van der Waals surface area (Å²) in [7, 11) is 0. The first-order valence-corrected chi connectivity index (χ1v) is 4.08. The Morgan fingerprint density at radius 2 is 2.31 bits per heavy atom. The van der Waals surface area contributed by atoms with Gasteiger partial charge in [-0.15, -0.1) is 0 Å². The predicted octanol–water partition coefficient (Wildman–Crippen LogP) is 2.37. The van der Waals surface area contributed by atoms with Crippen molar-refractivity contribution in [2.75, 3.05) is 6.61 Å². The highest BCUT2D eigenvalue weighted by Gasteiger charge is 2.03. The molecule has 2 nitrogen and oxygen atoms in total. The highest BCUT2D eigenvalue weighted by atomic mass is 16.5. The summed E-state index contributed by atoms with van der Waals surface area (Å²) in [6, 6.07) is 5.52. The maximum absolute atomic E-state index is 10.7. The van der Waals surface area contributed by atoms with E-state index in [0.29, 0.717) is 17.9 Å². The SMILES string of the molecule is C=CCOc1cccc(C)c1C=O. The van der Waals surface area contributed by atoms with E-state index in [1.54, 1.807) is 12.1 Å². The van der Waals surface area contributed by atoms with Crippen LogP contribution in [0, 0.1) is 6.92 Å². The highest BCUT2D eigenvalue weighted by Crippen LogP contribution is 2.19. The second kappa shape index (κ2) is 4.45. The van der Waals surface area contributed by atoms with Crippen molar-refractivity contribution >= 4 is 6.29 Å². The topological polar surface area (TPSA) is 26.3 Å². The molecular weight excluding hydrogens is 164 g/mol. The van der Waals surface area contributed by atoms with Crippen LogP contribution in [0.3, 0.4) is 0 Å². The average Bonchev–Trinajstić information content (AvgIpc) is 2.15. The quantitative estimate of drug-likeness (QED) is 0.520. The molecule has 13 heavy (non-hydrogen) atoms. The van der Waals surface area contributed by atoms with Crippen LogP contribution < -0.4 is 4.74 Å². The Morgan fingerprint density at radius 1 is 1.54 bits per heavy atom. The maximum Gasteiger partial charge on any atom is 0.154 e. The molecule has 0 radical (unpaired) electrons. The molecular formula is C11H12O2. The van der Waals surface area contributed by atoms with Crippen molar-refractivity contribution in [2.24, 2.45) is 0 Å². The molecule has 0 amide bonds. The predicted molar refractivity (Wildman–Crippen MR) is 52.3 cm³/mol. The lowest BCUT2D eigenvalue weighted by Gasteiger charge is -2.07. The maximum atomic E-state index is 10.7. The summed E-state index contributed by atoms with van der Waals surface area (Å²) in [6.07, 6.45) is 2.46. The van der Waals surface area contributed by atoms with E-state index in [4.69, 9.17) is 4.74 Å². The summed E-state index contributed by atoms with van der Waals surface area (Å²) in [6.45, 7) is 5.84. The zero-order chi connectivity index (χ0) is 9.68. The minimum absolute atomic E-state index is 0.421.